The van der Waals surface area contributed by atoms with Crippen LogP contribution in [0, 0.1) is 29.4 Å². The summed E-state index contributed by atoms with van der Waals surface area (Å²) in [5.41, 5.74) is 1.56. The van der Waals surface area contributed by atoms with Crippen LogP contribution < -0.4 is 9.47 Å². The van der Waals surface area contributed by atoms with E-state index in [9.17, 15) is 17.6 Å². The second-order valence-electron chi connectivity index (χ2n) is 11.6. The SMILES string of the molecule is CC1COC(C2CCC(c3ccc(C4CCC(C(F)(F)Oc5ccc(OCF)c(F)c5)CC4)c(F)c3)CC2)OC1. The molecular weight excluding hydrogens is 531 g/mol. The van der Waals surface area contributed by atoms with Gasteiger partial charge in [0.1, 0.15) is 11.6 Å². The van der Waals surface area contributed by atoms with Gasteiger partial charge in [0, 0.05) is 17.9 Å². The first-order valence-corrected chi connectivity index (χ1v) is 14.3. The molecule has 40 heavy (non-hydrogen) atoms. The monoisotopic (exact) mass is 568 g/mol. The van der Waals surface area contributed by atoms with Gasteiger partial charge in [0.25, 0.3) is 0 Å². The zero-order valence-electron chi connectivity index (χ0n) is 22.7. The van der Waals surface area contributed by atoms with Crippen LogP contribution in [0.4, 0.5) is 22.0 Å². The van der Waals surface area contributed by atoms with E-state index in [1.807, 2.05) is 12.1 Å². The van der Waals surface area contributed by atoms with Gasteiger partial charge >= 0.3 is 6.11 Å². The molecule has 1 aliphatic heterocycles. The molecule has 3 fully saturated rings. The van der Waals surface area contributed by atoms with Crippen LogP contribution >= 0.6 is 0 Å². The zero-order valence-corrected chi connectivity index (χ0v) is 22.7. The van der Waals surface area contributed by atoms with E-state index in [2.05, 4.69) is 11.7 Å². The van der Waals surface area contributed by atoms with Gasteiger partial charge in [-0.05, 0) is 92.5 Å². The van der Waals surface area contributed by atoms with Crippen LogP contribution in [0.3, 0.4) is 0 Å². The lowest BCUT2D eigenvalue weighted by Crippen LogP contribution is -2.37. The molecule has 0 aromatic heterocycles. The molecule has 0 N–H and O–H groups in total. The molecular formula is C31H37F5O4. The summed E-state index contributed by atoms with van der Waals surface area (Å²) in [6.45, 7) is 2.35. The van der Waals surface area contributed by atoms with Crippen molar-refractivity contribution in [3.8, 4) is 11.5 Å². The van der Waals surface area contributed by atoms with Crippen LogP contribution in [-0.2, 0) is 9.47 Å². The number of alkyl halides is 3. The molecule has 1 heterocycles. The summed E-state index contributed by atoms with van der Waals surface area (Å²) in [6, 6.07) is 8.38. The van der Waals surface area contributed by atoms with Crippen molar-refractivity contribution in [3.05, 3.63) is 59.2 Å². The highest BCUT2D eigenvalue weighted by atomic mass is 19.3. The van der Waals surface area contributed by atoms with E-state index in [0.717, 1.165) is 62.7 Å². The minimum atomic E-state index is -3.52. The predicted molar refractivity (Wildman–Crippen MR) is 139 cm³/mol. The maximum absolute atomic E-state index is 15.3. The Morgan fingerprint density at radius 3 is 2.12 bits per heavy atom. The highest BCUT2D eigenvalue weighted by Crippen LogP contribution is 2.45. The molecule has 0 unspecified atom stereocenters. The Kier molecular flexibility index (Phi) is 9.20. The summed E-state index contributed by atoms with van der Waals surface area (Å²) in [5, 5.41) is 0. The molecule has 1 saturated heterocycles. The van der Waals surface area contributed by atoms with Crippen LogP contribution in [0.15, 0.2) is 36.4 Å². The summed E-state index contributed by atoms with van der Waals surface area (Å²) in [4.78, 5) is 0. The van der Waals surface area contributed by atoms with E-state index in [-0.39, 0.29) is 48.3 Å². The van der Waals surface area contributed by atoms with Gasteiger partial charge in [-0.15, -0.1) is 0 Å². The molecule has 2 aliphatic carbocycles. The van der Waals surface area contributed by atoms with Gasteiger partial charge in [-0.1, -0.05) is 19.1 Å². The Morgan fingerprint density at radius 2 is 1.50 bits per heavy atom. The van der Waals surface area contributed by atoms with Crippen molar-refractivity contribution in [1.29, 1.82) is 0 Å². The Bertz CT molecular complexity index is 1120. The summed E-state index contributed by atoms with van der Waals surface area (Å²) < 4.78 is 92.3. The van der Waals surface area contributed by atoms with Crippen molar-refractivity contribution < 1.29 is 40.9 Å². The molecule has 3 aliphatic rings. The van der Waals surface area contributed by atoms with E-state index in [1.165, 1.54) is 0 Å². The molecule has 0 bridgehead atoms. The lowest BCUT2D eigenvalue weighted by Gasteiger charge is -2.37. The quantitative estimate of drug-likeness (QED) is 0.299. The summed E-state index contributed by atoms with van der Waals surface area (Å²) in [5.74, 6) is -2.13. The highest BCUT2D eigenvalue weighted by molar-refractivity contribution is 5.33. The van der Waals surface area contributed by atoms with Crippen molar-refractivity contribution in [2.45, 2.75) is 82.5 Å². The van der Waals surface area contributed by atoms with E-state index in [4.69, 9.17) is 14.2 Å². The first-order chi connectivity index (χ1) is 19.2. The van der Waals surface area contributed by atoms with Gasteiger partial charge in [0.15, 0.2) is 17.9 Å². The molecule has 4 nitrogen and oxygen atoms in total. The van der Waals surface area contributed by atoms with Gasteiger partial charge in [-0.25, -0.2) is 13.2 Å². The van der Waals surface area contributed by atoms with Crippen LogP contribution in [0.2, 0.25) is 0 Å². The number of benzene rings is 2. The molecule has 5 rings (SSSR count). The summed E-state index contributed by atoms with van der Waals surface area (Å²) in [6.07, 6.45) is 1.34. The van der Waals surface area contributed by atoms with Crippen LogP contribution in [0.1, 0.15) is 81.3 Å². The molecule has 0 radical (unpaired) electrons. The molecule has 2 aromatic rings. The van der Waals surface area contributed by atoms with Crippen molar-refractivity contribution >= 4 is 0 Å². The number of halogens is 5. The van der Waals surface area contributed by atoms with E-state index < -0.39 is 24.7 Å². The molecule has 0 spiro atoms. The highest BCUT2D eigenvalue weighted by Gasteiger charge is 2.44. The van der Waals surface area contributed by atoms with Gasteiger partial charge in [0.05, 0.1) is 19.1 Å². The minimum absolute atomic E-state index is 0.132. The van der Waals surface area contributed by atoms with Gasteiger partial charge < -0.3 is 18.9 Å². The molecule has 9 heteroatoms. The summed E-state index contributed by atoms with van der Waals surface area (Å²) in [7, 11) is 0. The van der Waals surface area contributed by atoms with Crippen molar-refractivity contribution in [3.63, 3.8) is 0 Å². The third-order valence-corrected chi connectivity index (χ3v) is 8.75. The summed E-state index contributed by atoms with van der Waals surface area (Å²) >= 11 is 0. The average molecular weight is 569 g/mol. The molecule has 2 aromatic carbocycles. The predicted octanol–water partition coefficient (Wildman–Crippen LogP) is 8.50. The average Bonchev–Trinajstić information content (AvgIpc) is 2.95. The van der Waals surface area contributed by atoms with Crippen LogP contribution in [0.25, 0.3) is 0 Å². The van der Waals surface area contributed by atoms with E-state index in [0.29, 0.717) is 30.2 Å². The molecule has 2 saturated carbocycles. The Balaban J connectivity index is 1.13. The fourth-order valence-corrected chi connectivity index (χ4v) is 6.44. The molecule has 0 atom stereocenters. The Labute approximate surface area is 232 Å². The Morgan fingerprint density at radius 1 is 0.825 bits per heavy atom. The fraction of sp³-hybridized carbons (Fsp3) is 0.613. The smallest absolute Gasteiger partial charge is 0.400 e. The first-order valence-electron chi connectivity index (χ1n) is 14.3. The topological polar surface area (TPSA) is 36.9 Å². The van der Waals surface area contributed by atoms with Crippen molar-refractivity contribution in [2.24, 2.45) is 17.8 Å². The minimum Gasteiger partial charge on any atom is -0.460 e. The van der Waals surface area contributed by atoms with Gasteiger partial charge in [-0.2, -0.15) is 8.78 Å². The fourth-order valence-electron chi connectivity index (χ4n) is 6.44. The second-order valence-corrected chi connectivity index (χ2v) is 11.6. The standard InChI is InChI=1S/C31H37F5O4/c1-19-16-37-30(38-17-19)22-4-2-20(3-5-22)23-8-12-26(27(33)14-23)21-6-9-24(10-7-21)31(35,36)40-25-11-13-29(39-18-32)28(34)15-25/h8,11-15,19-22,24,30H,2-7,9-10,16-18H2,1H3. The maximum Gasteiger partial charge on any atom is 0.400 e. The van der Waals surface area contributed by atoms with Crippen LogP contribution in [0.5, 0.6) is 11.5 Å². The van der Waals surface area contributed by atoms with Gasteiger partial charge in [0.2, 0.25) is 6.86 Å². The first kappa shape index (κ1) is 29.1. The van der Waals surface area contributed by atoms with Crippen molar-refractivity contribution in [2.75, 3.05) is 20.1 Å². The maximum atomic E-state index is 15.3. The number of rotatable bonds is 8. The third kappa shape index (κ3) is 6.73. The number of hydrogen-bond acceptors (Lipinski definition) is 4. The lowest BCUT2D eigenvalue weighted by molar-refractivity contribution is -0.226. The van der Waals surface area contributed by atoms with Crippen molar-refractivity contribution in [1.82, 2.24) is 0 Å². The lowest BCUT2D eigenvalue weighted by atomic mass is 9.76. The Hall–Kier alpha value is -2.39. The zero-order chi connectivity index (χ0) is 28.3. The molecule has 0 amide bonds. The third-order valence-electron chi connectivity index (χ3n) is 8.75. The normalized spacial score (nSPS) is 29.6. The van der Waals surface area contributed by atoms with E-state index in [1.54, 1.807) is 6.07 Å². The molecule has 220 valence electrons. The van der Waals surface area contributed by atoms with Gasteiger partial charge in [-0.3, -0.25) is 0 Å². The largest absolute Gasteiger partial charge is 0.460 e. The van der Waals surface area contributed by atoms with E-state index >= 15 is 4.39 Å². The second kappa shape index (κ2) is 12.6. The van der Waals surface area contributed by atoms with Crippen LogP contribution in [-0.4, -0.2) is 32.5 Å². The number of ether oxygens (including phenoxy) is 4. The number of hydrogen-bond donors (Lipinski definition) is 0.